The summed E-state index contributed by atoms with van der Waals surface area (Å²) in [5, 5.41) is 15.0. The highest BCUT2D eigenvalue weighted by Crippen LogP contribution is 2.27. The molecule has 0 saturated heterocycles. The van der Waals surface area contributed by atoms with Gasteiger partial charge in [-0.15, -0.1) is 0 Å². The van der Waals surface area contributed by atoms with Gasteiger partial charge in [-0.25, -0.2) is 5.43 Å². The zero-order valence-electron chi connectivity index (χ0n) is 16.6. The highest BCUT2D eigenvalue weighted by molar-refractivity contribution is 5.94. The highest BCUT2D eigenvalue weighted by atomic mass is 16.6. The number of nitrogens with one attached hydrogen (secondary N) is 1. The van der Waals surface area contributed by atoms with Crippen LogP contribution in [0.5, 0.6) is 5.75 Å². The topological polar surface area (TPSA) is 107 Å². The van der Waals surface area contributed by atoms with Crippen LogP contribution >= 0.6 is 0 Å². The number of hydrogen-bond acceptors (Lipinski definition) is 6. The summed E-state index contributed by atoms with van der Waals surface area (Å²) in [5.74, 6) is 1.20. The van der Waals surface area contributed by atoms with Crippen LogP contribution < -0.4 is 10.2 Å². The molecule has 0 aliphatic rings. The molecule has 1 heterocycles. The van der Waals surface area contributed by atoms with E-state index in [0.717, 1.165) is 6.42 Å². The Morgan fingerprint density at radius 2 is 1.97 bits per heavy atom. The third kappa shape index (κ3) is 5.11. The third-order valence-electron chi connectivity index (χ3n) is 4.26. The quantitative estimate of drug-likeness (QED) is 0.330. The maximum atomic E-state index is 12.2. The van der Waals surface area contributed by atoms with Crippen LogP contribution in [0.25, 0.3) is 11.3 Å². The SMILES string of the molecule is CCCOc1ccc(C(=O)N/N=C\c2ccc(-c3ccc(C)c([N+](=O)[O-])c3)o2)cc1. The van der Waals surface area contributed by atoms with Crippen LogP contribution in [0.3, 0.4) is 0 Å². The lowest BCUT2D eigenvalue weighted by atomic mass is 10.1. The van der Waals surface area contributed by atoms with Crippen LogP contribution in [0.1, 0.15) is 35.0 Å². The van der Waals surface area contributed by atoms with E-state index in [1.165, 1.54) is 12.3 Å². The Morgan fingerprint density at radius 1 is 1.20 bits per heavy atom. The predicted octanol–water partition coefficient (Wildman–Crippen LogP) is 4.72. The zero-order valence-corrected chi connectivity index (χ0v) is 16.6. The number of carbonyl (C=O) groups excluding carboxylic acids is 1. The molecule has 0 fully saturated rings. The molecule has 0 saturated carbocycles. The van der Waals surface area contributed by atoms with Crippen LogP contribution in [0, 0.1) is 17.0 Å². The second-order valence-corrected chi connectivity index (χ2v) is 6.53. The second-order valence-electron chi connectivity index (χ2n) is 6.53. The average molecular weight is 407 g/mol. The van der Waals surface area contributed by atoms with Gasteiger partial charge in [0, 0.05) is 22.8 Å². The molecule has 0 atom stereocenters. The number of aryl methyl sites for hydroxylation is 1. The summed E-state index contributed by atoms with van der Waals surface area (Å²) in [7, 11) is 0. The third-order valence-corrected chi connectivity index (χ3v) is 4.26. The lowest BCUT2D eigenvalue weighted by Gasteiger charge is -2.05. The molecule has 0 spiro atoms. The number of rotatable bonds is 8. The summed E-state index contributed by atoms with van der Waals surface area (Å²) in [6.45, 7) is 4.32. The van der Waals surface area contributed by atoms with Gasteiger partial charge in [0.1, 0.15) is 17.3 Å². The van der Waals surface area contributed by atoms with E-state index in [9.17, 15) is 14.9 Å². The molecule has 30 heavy (non-hydrogen) atoms. The van der Waals surface area contributed by atoms with Crippen molar-refractivity contribution >= 4 is 17.8 Å². The summed E-state index contributed by atoms with van der Waals surface area (Å²) in [6, 6.07) is 15.0. The van der Waals surface area contributed by atoms with E-state index in [0.29, 0.717) is 40.6 Å². The molecule has 8 nitrogen and oxygen atoms in total. The molecule has 8 heteroatoms. The number of carbonyl (C=O) groups is 1. The fourth-order valence-electron chi connectivity index (χ4n) is 2.68. The molecule has 1 N–H and O–H groups in total. The molecule has 0 aliphatic heterocycles. The van der Waals surface area contributed by atoms with Gasteiger partial charge in [-0.2, -0.15) is 5.10 Å². The summed E-state index contributed by atoms with van der Waals surface area (Å²) >= 11 is 0. The van der Waals surface area contributed by atoms with Crippen LogP contribution in [-0.4, -0.2) is 23.7 Å². The summed E-state index contributed by atoms with van der Waals surface area (Å²) in [5.41, 5.74) is 4.06. The number of ether oxygens (including phenoxy) is 1. The number of hydrogen-bond donors (Lipinski definition) is 1. The second kappa shape index (κ2) is 9.51. The number of amides is 1. The molecule has 0 radical (unpaired) electrons. The Balaban J connectivity index is 1.62. The largest absolute Gasteiger partial charge is 0.494 e. The van der Waals surface area contributed by atoms with Gasteiger partial charge in [0.05, 0.1) is 17.7 Å². The number of hydrazone groups is 1. The van der Waals surface area contributed by atoms with Crippen LogP contribution in [0.15, 0.2) is 64.1 Å². The minimum atomic E-state index is -0.428. The maximum absolute atomic E-state index is 12.2. The van der Waals surface area contributed by atoms with Gasteiger partial charge in [-0.3, -0.25) is 14.9 Å². The van der Waals surface area contributed by atoms with Crippen molar-refractivity contribution < 1.29 is 18.9 Å². The van der Waals surface area contributed by atoms with Gasteiger partial charge in [0.15, 0.2) is 0 Å². The Hall–Kier alpha value is -3.94. The Bertz CT molecular complexity index is 1070. The van der Waals surface area contributed by atoms with Crippen molar-refractivity contribution in [3.63, 3.8) is 0 Å². The molecule has 1 amide bonds. The van der Waals surface area contributed by atoms with Crippen molar-refractivity contribution in [1.82, 2.24) is 5.43 Å². The number of furan rings is 1. The van der Waals surface area contributed by atoms with Gasteiger partial charge in [0.2, 0.25) is 0 Å². The Labute approximate surface area is 173 Å². The van der Waals surface area contributed by atoms with E-state index >= 15 is 0 Å². The number of nitrogens with zero attached hydrogens (tertiary/aromatic N) is 2. The van der Waals surface area contributed by atoms with E-state index in [1.807, 2.05) is 6.92 Å². The molecule has 3 rings (SSSR count). The first-order valence-electron chi connectivity index (χ1n) is 9.39. The van der Waals surface area contributed by atoms with Gasteiger partial charge < -0.3 is 9.15 Å². The molecule has 3 aromatic rings. The number of benzene rings is 2. The van der Waals surface area contributed by atoms with E-state index in [-0.39, 0.29) is 11.6 Å². The van der Waals surface area contributed by atoms with Gasteiger partial charge in [-0.05, 0) is 49.7 Å². The number of nitro groups is 1. The summed E-state index contributed by atoms with van der Waals surface area (Å²) in [4.78, 5) is 22.8. The fraction of sp³-hybridized carbons (Fsp3) is 0.182. The molecular formula is C22H21N3O5. The first-order chi connectivity index (χ1) is 14.5. The molecule has 0 unspecified atom stereocenters. The van der Waals surface area contributed by atoms with Crippen molar-refractivity contribution in [3.8, 4) is 17.1 Å². The van der Waals surface area contributed by atoms with Gasteiger partial charge >= 0.3 is 0 Å². The Kier molecular flexibility index (Phi) is 6.59. The molecule has 154 valence electrons. The first kappa shape index (κ1) is 20.8. The van der Waals surface area contributed by atoms with E-state index < -0.39 is 4.92 Å². The van der Waals surface area contributed by atoms with Crippen molar-refractivity contribution in [3.05, 3.63) is 81.6 Å². The zero-order chi connectivity index (χ0) is 21.5. The van der Waals surface area contributed by atoms with E-state index in [1.54, 1.807) is 55.5 Å². The maximum Gasteiger partial charge on any atom is 0.273 e. The Morgan fingerprint density at radius 3 is 2.67 bits per heavy atom. The van der Waals surface area contributed by atoms with E-state index in [4.69, 9.17) is 9.15 Å². The van der Waals surface area contributed by atoms with Crippen molar-refractivity contribution in [2.24, 2.45) is 5.10 Å². The predicted molar refractivity (Wildman–Crippen MR) is 113 cm³/mol. The molecular weight excluding hydrogens is 386 g/mol. The standard InChI is InChI=1S/C22H21N3O5/c1-3-12-29-18-8-6-16(7-9-18)22(26)24-23-14-19-10-11-21(30-19)17-5-4-15(2)20(13-17)25(27)28/h4-11,13-14H,3,12H2,1-2H3,(H,24,26)/b23-14-. The lowest BCUT2D eigenvalue weighted by Crippen LogP contribution is -2.17. The highest BCUT2D eigenvalue weighted by Gasteiger charge is 2.13. The van der Waals surface area contributed by atoms with Gasteiger partial charge in [0.25, 0.3) is 11.6 Å². The molecule has 0 aliphatic carbocycles. The van der Waals surface area contributed by atoms with E-state index in [2.05, 4.69) is 10.5 Å². The summed E-state index contributed by atoms with van der Waals surface area (Å²) in [6.07, 6.45) is 2.27. The van der Waals surface area contributed by atoms with Gasteiger partial charge in [-0.1, -0.05) is 19.1 Å². The van der Waals surface area contributed by atoms with Crippen LogP contribution in [-0.2, 0) is 0 Å². The molecule has 2 aromatic carbocycles. The van der Waals surface area contributed by atoms with Crippen molar-refractivity contribution in [1.29, 1.82) is 0 Å². The number of nitro benzene ring substituents is 1. The fourth-order valence-corrected chi connectivity index (χ4v) is 2.68. The van der Waals surface area contributed by atoms with Crippen LogP contribution in [0.2, 0.25) is 0 Å². The molecule has 1 aromatic heterocycles. The van der Waals surface area contributed by atoms with Crippen LogP contribution in [0.4, 0.5) is 5.69 Å². The summed E-state index contributed by atoms with van der Waals surface area (Å²) < 4.78 is 11.1. The smallest absolute Gasteiger partial charge is 0.273 e. The monoisotopic (exact) mass is 407 g/mol. The first-order valence-corrected chi connectivity index (χ1v) is 9.39. The van der Waals surface area contributed by atoms with Crippen molar-refractivity contribution in [2.45, 2.75) is 20.3 Å². The van der Waals surface area contributed by atoms with Crippen molar-refractivity contribution in [2.75, 3.05) is 6.61 Å². The minimum Gasteiger partial charge on any atom is -0.494 e. The minimum absolute atomic E-state index is 0.0255. The lowest BCUT2D eigenvalue weighted by molar-refractivity contribution is -0.385. The average Bonchev–Trinajstić information content (AvgIpc) is 3.21. The molecule has 0 bridgehead atoms. The normalized spacial score (nSPS) is 10.9.